The van der Waals surface area contributed by atoms with Crippen molar-refractivity contribution in [3.05, 3.63) is 68.9 Å². The summed E-state index contributed by atoms with van der Waals surface area (Å²) in [7, 11) is 1.47. The quantitative estimate of drug-likeness (QED) is 0.366. The number of anilines is 2. The van der Waals surface area contributed by atoms with Crippen LogP contribution >= 0.6 is 22.9 Å². The number of methoxy groups -OCH3 is 1. The molecule has 5 nitrogen and oxygen atoms in total. The number of hydrogen-bond donors (Lipinski definition) is 1. The number of rotatable bonds is 4. The number of halogens is 4. The van der Waals surface area contributed by atoms with E-state index >= 15 is 0 Å². The summed E-state index contributed by atoms with van der Waals surface area (Å²) in [5.41, 5.74) is -0.531. The molecular formula is C20H12ClF3N2O3S. The van der Waals surface area contributed by atoms with Crippen LogP contribution in [0.3, 0.4) is 0 Å². The normalized spacial score (nSPS) is 11.6. The van der Waals surface area contributed by atoms with Crippen molar-refractivity contribution in [1.82, 2.24) is 4.98 Å². The summed E-state index contributed by atoms with van der Waals surface area (Å²) in [5, 5.41) is 5.40. The van der Waals surface area contributed by atoms with E-state index in [-0.39, 0.29) is 21.4 Å². The molecule has 4 aromatic rings. The second-order valence-corrected chi connectivity index (χ2v) is 7.45. The van der Waals surface area contributed by atoms with Crippen molar-refractivity contribution >= 4 is 44.7 Å². The van der Waals surface area contributed by atoms with E-state index in [1.807, 2.05) is 0 Å². The third-order valence-corrected chi connectivity index (χ3v) is 5.35. The van der Waals surface area contributed by atoms with Crippen molar-refractivity contribution in [2.75, 3.05) is 12.4 Å². The Morgan fingerprint density at radius 3 is 2.73 bits per heavy atom. The molecule has 0 amide bonds. The van der Waals surface area contributed by atoms with E-state index in [2.05, 4.69) is 10.3 Å². The van der Waals surface area contributed by atoms with Crippen molar-refractivity contribution in [3.63, 3.8) is 0 Å². The Bertz CT molecular complexity index is 1300. The third-order valence-electron chi connectivity index (χ3n) is 4.26. The first-order valence-electron chi connectivity index (χ1n) is 8.47. The Labute approximate surface area is 176 Å². The predicted molar refractivity (Wildman–Crippen MR) is 110 cm³/mol. The highest BCUT2D eigenvalue weighted by Gasteiger charge is 2.31. The van der Waals surface area contributed by atoms with Crippen LogP contribution in [0, 0.1) is 0 Å². The average Bonchev–Trinajstić information content (AvgIpc) is 3.16. The van der Waals surface area contributed by atoms with Crippen LogP contribution in [-0.4, -0.2) is 12.1 Å². The molecular weight excluding hydrogens is 441 g/mol. The van der Waals surface area contributed by atoms with E-state index in [4.69, 9.17) is 20.8 Å². The Balaban J connectivity index is 1.69. The molecule has 0 atom stereocenters. The maximum absolute atomic E-state index is 13.0. The third kappa shape index (κ3) is 3.86. The van der Waals surface area contributed by atoms with E-state index in [0.29, 0.717) is 22.4 Å². The van der Waals surface area contributed by atoms with Crippen molar-refractivity contribution < 1.29 is 22.3 Å². The number of para-hydroxylation sites is 1. The summed E-state index contributed by atoms with van der Waals surface area (Å²) < 4.78 is 49.4. The summed E-state index contributed by atoms with van der Waals surface area (Å²) in [4.78, 5) is 16.7. The van der Waals surface area contributed by atoms with Crippen molar-refractivity contribution in [2.45, 2.75) is 6.18 Å². The molecule has 0 spiro atoms. The highest BCUT2D eigenvalue weighted by Crippen LogP contribution is 2.36. The highest BCUT2D eigenvalue weighted by molar-refractivity contribution is 7.14. The van der Waals surface area contributed by atoms with E-state index in [0.717, 1.165) is 29.5 Å². The maximum Gasteiger partial charge on any atom is 0.416 e. The molecule has 4 rings (SSSR count). The highest BCUT2D eigenvalue weighted by atomic mass is 35.5. The number of aromatic nitrogens is 1. The van der Waals surface area contributed by atoms with Crippen LogP contribution in [0.15, 0.2) is 57.1 Å². The number of fused-ring (bicyclic) bond motifs is 1. The van der Waals surface area contributed by atoms with Gasteiger partial charge in [0, 0.05) is 10.8 Å². The van der Waals surface area contributed by atoms with E-state index in [9.17, 15) is 18.0 Å². The first-order valence-corrected chi connectivity index (χ1v) is 9.72. The van der Waals surface area contributed by atoms with Crippen LogP contribution in [-0.2, 0) is 6.18 Å². The lowest BCUT2D eigenvalue weighted by molar-refractivity contribution is -0.137. The van der Waals surface area contributed by atoms with Gasteiger partial charge in [0.25, 0.3) is 0 Å². The lowest BCUT2D eigenvalue weighted by Crippen LogP contribution is -2.05. The fourth-order valence-corrected chi connectivity index (χ4v) is 3.71. The van der Waals surface area contributed by atoms with Crippen molar-refractivity contribution in [1.29, 1.82) is 0 Å². The van der Waals surface area contributed by atoms with Crippen LogP contribution in [0.1, 0.15) is 5.56 Å². The average molecular weight is 453 g/mol. The van der Waals surface area contributed by atoms with Crippen LogP contribution in [0.25, 0.3) is 22.2 Å². The fourth-order valence-electron chi connectivity index (χ4n) is 2.82. The standard InChI is InChI=1S/C20H12ClF3N2O3S/c1-28-16-4-2-3-10-7-12(18(27)29-17(10)16)15-9-30-19(26-15)25-14-8-11(20(22,23)24)5-6-13(14)21/h2-9H,1H3,(H,25,26). The molecule has 0 unspecified atom stereocenters. The summed E-state index contributed by atoms with van der Waals surface area (Å²) in [6.45, 7) is 0. The SMILES string of the molecule is COc1cccc2cc(-c3csc(Nc4cc(C(F)(F)F)ccc4Cl)n3)c(=O)oc12. The molecule has 0 saturated carbocycles. The molecule has 0 aliphatic rings. The van der Waals surface area contributed by atoms with Gasteiger partial charge in [0.15, 0.2) is 16.5 Å². The van der Waals surface area contributed by atoms with E-state index in [1.165, 1.54) is 7.11 Å². The Morgan fingerprint density at radius 2 is 2.00 bits per heavy atom. The molecule has 0 aliphatic carbocycles. The maximum atomic E-state index is 13.0. The first-order chi connectivity index (χ1) is 14.3. The Kier molecular flexibility index (Phi) is 5.17. The Hall–Kier alpha value is -3.04. The fraction of sp³-hybridized carbons (Fsp3) is 0.100. The van der Waals surface area contributed by atoms with E-state index < -0.39 is 17.4 Å². The van der Waals surface area contributed by atoms with Gasteiger partial charge in [-0.3, -0.25) is 0 Å². The molecule has 1 N–H and O–H groups in total. The molecule has 2 aromatic carbocycles. The van der Waals surface area contributed by atoms with Gasteiger partial charge < -0.3 is 14.5 Å². The van der Waals surface area contributed by atoms with Gasteiger partial charge in [0.2, 0.25) is 0 Å². The summed E-state index contributed by atoms with van der Waals surface area (Å²) in [6.07, 6.45) is -4.50. The molecule has 0 saturated heterocycles. The molecule has 154 valence electrons. The molecule has 0 fully saturated rings. The first kappa shape index (κ1) is 20.2. The second-order valence-electron chi connectivity index (χ2n) is 6.18. The molecule has 0 bridgehead atoms. The number of hydrogen-bond acceptors (Lipinski definition) is 6. The van der Waals surface area contributed by atoms with Crippen LogP contribution in [0.5, 0.6) is 5.75 Å². The van der Waals surface area contributed by atoms with Crippen molar-refractivity contribution in [3.8, 4) is 17.0 Å². The number of ether oxygens (including phenoxy) is 1. The number of benzene rings is 2. The second kappa shape index (κ2) is 7.66. The van der Waals surface area contributed by atoms with Crippen LogP contribution in [0.4, 0.5) is 24.0 Å². The molecule has 10 heteroatoms. The monoisotopic (exact) mass is 452 g/mol. The summed E-state index contributed by atoms with van der Waals surface area (Å²) in [6, 6.07) is 9.78. The summed E-state index contributed by atoms with van der Waals surface area (Å²) in [5.74, 6) is 0.427. The van der Waals surface area contributed by atoms with Gasteiger partial charge in [-0.2, -0.15) is 13.2 Å². The smallest absolute Gasteiger partial charge is 0.416 e. The van der Waals surface area contributed by atoms with Gasteiger partial charge in [-0.25, -0.2) is 9.78 Å². The van der Waals surface area contributed by atoms with Crippen LogP contribution < -0.4 is 15.7 Å². The number of thiazole rings is 1. The zero-order chi connectivity index (χ0) is 21.5. The van der Waals surface area contributed by atoms with Gasteiger partial charge in [0.05, 0.1) is 34.6 Å². The molecule has 0 radical (unpaired) electrons. The predicted octanol–water partition coefficient (Wildman–Crippen LogP) is 6.34. The number of nitrogens with one attached hydrogen (secondary N) is 1. The van der Waals surface area contributed by atoms with Gasteiger partial charge in [-0.15, -0.1) is 11.3 Å². The molecule has 0 aliphatic heterocycles. The lowest BCUT2D eigenvalue weighted by Gasteiger charge is -2.10. The minimum Gasteiger partial charge on any atom is -0.493 e. The lowest BCUT2D eigenvalue weighted by atomic mass is 10.1. The van der Waals surface area contributed by atoms with E-state index in [1.54, 1.807) is 29.6 Å². The van der Waals surface area contributed by atoms with Gasteiger partial charge in [-0.05, 0) is 30.3 Å². The summed E-state index contributed by atoms with van der Waals surface area (Å²) >= 11 is 7.12. The topological polar surface area (TPSA) is 64.4 Å². The Morgan fingerprint density at radius 1 is 1.20 bits per heavy atom. The van der Waals surface area contributed by atoms with Gasteiger partial charge >= 0.3 is 11.8 Å². The molecule has 2 aromatic heterocycles. The largest absolute Gasteiger partial charge is 0.493 e. The number of alkyl halides is 3. The minimum atomic E-state index is -4.50. The van der Waals surface area contributed by atoms with Gasteiger partial charge in [-0.1, -0.05) is 23.7 Å². The molecule has 30 heavy (non-hydrogen) atoms. The van der Waals surface area contributed by atoms with Gasteiger partial charge in [0.1, 0.15) is 0 Å². The van der Waals surface area contributed by atoms with Crippen molar-refractivity contribution in [2.24, 2.45) is 0 Å². The minimum absolute atomic E-state index is 0.0580. The number of nitrogens with zero attached hydrogens (tertiary/aromatic N) is 1. The molecule has 2 heterocycles. The van der Waals surface area contributed by atoms with Crippen LogP contribution in [0.2, 0.25) is 5.02 Å². The zero-order valence-corrected chi connectivity index (χ0v) is 16.8. The zero-order valence-electron chi connectivity index (χ0n) is 15.2.